The molecule has 16 heavy (non-hydrogen) atoms. The number of aromatic nitrogens is 2. The van der Waals surface area contributed by atoms with Gasteiger partial charge in [-0.15, -0.1) is 0 Å². The molecule has 1 aliphatic heterocycles. The van der Waals surface area contributed by atoms with E-state index in [9.17, 15) is 4.79 Å². The van der Waals surface area contributed by atoms with Crippen molar-refractivity contribution in [1.29, 1.82) is 0 Å². The number of nitrogens with one attached hydrogen (secondary N) is 3. The smallest absolute Gasteiger partial charge is 0.250 e. The Morgan fingerprint density at radius 1 is 1.69 bits per heavy atom. The van der Waals surface area contributed by atoms with Crippen LogP contribution < -0.4 is 10.6 Å². The molecule has 3 N–H and O–H groups in total. The number of amides is 1. The van der Waals surface area contributed by atoms with Crippen molar-refractivity contribution in [2.24, 2.45) is 0 Å². The molecule has 2 heterocycles. The van der Waals surface area contributed by atoms with E-state index < -0.39 is 0 Å². The average Bonchev–Trinajstić information content (AvgIpc) is 2.83. The van der Waals surface area contributed by atoms with Crippen molar-refractivity contribution in [3.8, 4) is 0 Å². The van der Waals surface area contributed by atoms with Gasteiger partial charge in [-0.3, -0.25) is 4.79 Å². The number of hydrogen-bond acceptors (Lipinski definition) is 4. The number of hydrogen-bond donors (Lipinski definition) is 3. The maximum Gasteiger partial charge on any atom is 0.250 e. The minimum Gasteiger partial charge on any atom is -0.366 e. The van der Waals surface area contributed by atoms with E-state index in [1.807, 2.05) is 0 Å². The summed E-state index contributed by atoms with van der Waals surface area (Å²) in [6.45, 7) is 2.60. The summed E-state index contributed by atoms with van der Waals surface area (Å²) in [5.41, 5.74) is 1.02. The molecule has 0 spiro atoms. The summed E-state index contributed by atoms with van der Waals surface area (Å²) < 4.78 is 5.33. The van der Waals surface area contributed by atoms with Gasteiger partial charge in [-0.1, -0.05) is 0 Å². The number of rotatable bonds is 4. The third-order valence-corrected chi connectivity index (χ3v) is 2.47. The Balaban J connectivity index is 1.67. The Morgan fingerprint density at radius 2 is 2.62 bits per heavy atom. The standard InChI is InChI=1S/C10H16N4O2/c15-10(9-6-11-3-4-16-9)13-2-1-8-5-12-7-14-8/h5,7,9,11H,1-4,6H2,(H,12,14)(H,13,15). The van der Waals surface area contributed by atoms with Crippen LogP contribution in [0.25, 0.3) is 0 Å². The number of nitrogens with zero attached hydrogens (tertiary/aromatic N) is 1. The molecule has 2 rings (SSSR count). The average molecular weight is 224 g/mol. The number of carbonyl (C=O) groups is 1. The normalized spacial score (nSPS) is 20.6. The Kier molecular flexibility index (Phi) is 3.90. The Bertz CT molecular complexity index is 320. The molecular formula is C10H16N4O2. The molecule has 1 aromatic rings. The molecule has 1 amide bonds. The van der Waals surface area contributed by atoms with E-state index in [0.29, 0.717) is 19.7 Å². The summed E-state index contributed by atoms with van der Waals surface area (Å²) in [6.07, 6.45) is 3.79. The molecule has 6 nitrogen and oxygen atoms in total. The van der Waals surface area contributed by atoms with Gasteiger partial charge < -0.3 is 20.4 Å². The van der Waals surface area contributed by atoms with E-state index in [4.69, 9.17) is 4.74 Å². The van der Waals surface area contributed by atoms with Crippen LogP contribution in [0.5, 0.6) is 0 Å². The molecule has 0 saturated carbocycles. The van der Waals surface area contributed by atoms with Gasteiger partial charge in [-0.05, 0) is 0 Å². The zero-order valence-corrected chi connectivity index (χ0v) is 9.03. The zero-order chi connectivity index (χ0) is 11.2. The summed E-state index contributed by atoms with van der Waals surface area (Å²) in [5.74, 6) is -0.0493. The summed E-state index contributed by atoms with van der Waals surface area (Å²) in [6, 6.07) is 0. The lowest BCUT2D eigenvalue weighted by atomic mass is 10.2. The summed E-state index contributed by atoms with van der Waals surface area (Å²) in [7, 11) is 0. The molecule has 88 valence electrons. The Labute approximate surface area is 93.8 Å². The zero-order valence-electron chi connectivity index (χ0n) is 9.03. The molecule has 1 aliphatic rings. The first-order valence-electron chi connectivity index (χ1n) is 5.43. The molecule has 1 atom stereocenters. The number of H-pyrrole nitrogens is 1. The van der Waals surface area contributed by atoms with Gasteiger partial charge in [0.2, 0.25) is 5.91 Å². The Hall–Kier alpha value is -1.40. The molecule has 0 aromatic carbocycles. The van der Waals surface area contributed by atoms with E-state index in [-0.39, 0.29) is 12.0 Å². The van der Waals surface area contributed by atoms with E-state index in [1.165, 1.54) is 0 Å². The van der Waals surface area contributed by atoms with Crippen LogP contribution in [0.4, 0.5) is 0 Å². The highest BCUT2D eigenvalue weighted by Gasteiger charge is 2.20. The largest absolute Gasteiger partial charge is 0.366 e. The molecule has 1 fully saturated rings. The van der Waals surface area contributed by atoms with Crippen molar-refractivity contribution in [2.45, 2.75) is 12.5 Å². The van der Waals surface area contributed by atoms with Gasteiger partial charge in [0.15, 0.2) is 0 Å². The molecule has 0 bridgehead atoms. The lowest BCUT2D eigenvalue weighted by Crippen LogP contribution is -2.48. The highest BCUT2D eigenvalue weighted by atomic mass is 16.5. The minimum atomic E-state index is -0.351. The van der Waals surface area contributed by atoms with Crippen molar-refractivity contribution < 1.29 is 9.53 Å². The fourth-order valence-corrected chi connectivity index (χ4v) is 1.59. The second kappa shape index (κ2) is 5.62. The lowest BCUT2D eigenvalue weighted by Gasteiger charge is -2.22. The van der Waals surface area contributed by atoms with Gasteiger partial charge in [0, 0.05) is 37.9 Å². The number of imidazole rings is 1. The molecule has 0 radical (unpaired) electrons. The van der Waals surface area contributed by atoms with Crippen molar-refractivity contribution in [3.05, 3.63) is 18.2 Å². The fraction of sp³-hybridized carbons (Fsp3) is 0.600. The first-order chi connectivity index (χ1) is 7.86. The van der Waals surface area contributed by atoms with Crippen LogP contribution in [0.2, 0.25) is 0 Å². The maximum atomic E-state index is 11.6. The molecular weight excluding hydrogens is 208 g/mol. The first kappa shape index (κ1) is 11.1. The predicted octanol–water partition coefficient (Wildman–Crippen LogP) is -0.943. The number of carbonyl (C=O) groups excluding carboxylic acids is 1. The fourth-order valence-electron chi connectivity index (χ4n) is 1.59. The van der Waals surface area contributed by atoms with Gasteiger partial charge in [0.25, 0.3) is 0 Å². The third kappa shape index (κ3) is 3.04. The predicted molar refractivity (Wildman–Crippen MR) is 57.9 cm³/mol. The van der Waals surface area contributed by atoms with Crippen molar-refractivity contribution >= 4 is 5.91 Å². The molecule has 0 aliphatic carbocycles. The summed E-state index contributed by atoms with van der Waals surface area (Å²) >= 11 is 0. The summed E-state index contributed by atoms with van der Waals surface area (Å²) in [5, 5.41) is 5.96. The van der Waals surface area contributed by atoms with E-state index in [1.54, 1.807) is 12.5 Å². The second-order valence-corrected chi connectivity index (χ2v) is 3.68. The van der Waals surface area contributed by atoms with Crippen LogP contribution in [0, 0.1) is 0 Å². The highest BCUT2D eigenvalue weighted by molar-refractivity contribution is 5.81. The van der Waals surface area contributed by atoms with Crippen molar-refractivity contribution in [1.82, 2.24) is 20.6 Å². The van der Waals surface area contributed by atoms with Crippen LogP contribution in [0.3, 0.4) is 0 Å². The van der Waals surface area contributed by atoms with Crippen LogP contribution in [0.15, 0.2) is 12.5 Å². The number of ether oxygens (including phenoxy) is 1. The van der Waals surface area contributed by atoms with Crippen molar-refractivity contribution in [3.63, 3.8) is 0 Å². The molecule has 6 heteroatoms. The first-order valence-corrected chi connectivity index (χ1v) is 5.43. The minimum absolute atomic E-state index is 0.0493. The van der Waals surface area contributed by atoms with Crippen LogP contribution in [-0.4, -0.2) is 48.2 Å². The van der Waals surface area contributed by atoms with Gasteiger partial charge in [0.05, 0.1) is 12.9 Å². The second-order valence-electron chi connectivity index (χ2n) is 3.68. The maximum absolute atomic E-state index is 11.6. The molecule has 1 aromatic heterocycles. The Morgan fingerprint density at radius 3 is 3.31 bits per heavy atom. The van der Waals surface area contributed by atoms with Crippen LogP contribution in [-0.2, 0) is 16.0 Å². The topological polar surface area (TPSA) is 79.0 Å². The summed E-state index contributed by atoms with van der Waals surface area (Å²) in [4.78, 5) is 18.5. The van der Waals surface area contributed by atoms with Gasteiger partial charge >= 0.3 is 0 Å². The monoisotopic (exact) mass is 224 g/mol. The van der Waals surface area contributed by atoms with E-state index >= 15 is 0 Å². The SMILES string of the molecule is O=C(NCCc1cnc[nH]1)C1CNCCO1. The number of morpholine rings is 1. The van der Waals surface area contributed by atoms with Gasteiger partial charge in [-0.25, -0.2) is 4.98 Å². The highest BCUT2D eigenvalue weighted by Crippen LogP contribution is 1.96. The van der Waals surface area contributed by atoms with Crippen LogP contribution >= 0.6 is 0 Å². The quantitative estimate of drug-likeness (QED) is 0.616. The van der Waals surface area contributed by atoms with Crippen LogP contribution in [0.1, 0.15) is 5.69 Å². The van der Waals surface area contributed by atoms with Gasteiger partial charge in [-0.2, -0.15) is 0 Å². The lowest BCUT2D eigenvalue weighted by molar-refractivity contribution is -0.134. The van der Waals surface area contributed by atoms with E-state index in [0.717, 1.165) is 18.7 Å². The molecule has 1 unspecified atom stereocenters. The number of aromatic amines is 1. The molecule has 1 saturated heterocycles. The van der Waals surface area contributed by atoms with Crippen molar-refractivity contribution in [2.75, 3.05) is 26.2 Å². The van der Waals surface area contributed by atoms with Gasteiger partial charge in [0.1, 0.15) is 6.10 Å². The van der Waals surface area contributed by atoms with E-state index in [2.05, 4.69) is 20.6 Å². The third-order valence-electron chi connectivity index (χ3n) is 2.47.